The molecule has 5 rings (SSSR count). The zero-order chi connectivity index (χ0) is 26.8. The molecule has 8 heteroatoms. The summed E-state index contributed by atoms with van der Waals surface area (Å²) in [4.78, 5) is 25.1. The Labute approximate surface area is 220 Å². The Morgan fingerprint density at radius 3 is 2.27 bits per heavy atom. The van der Waals surface area contributed by atoms with Gasteiger partial charge >= 0.3 is 11.9 Å². The van der Waals surface area contributed by atoms with Crippen molar-refractivity contribution >= 4 is 17.7 Å². The van der Waals surface area contributed by atoms with E-state index < -0.39 is 11.9 Å². The first-order valence-electron chi connectivity index (χ1n) is 14.4. The molecule has 208 valence electrons. The standard InChI is InChI=1S/C25H42N2O2.C4H4O4/c1-4-17-19-6-5-18-20-7-8-23(28)25(20,3)12-9-21(18)24(19,2)13-10-22(17)27-29-16-11-14-26-15-16;5-3(6)1-2-4(7)8/h16-21,23,26,28H,4-15H2,1-3H3;1-2H,(H,5,6)(H,7,8)/b27-22+;2-1+/t16-,17+,18+,19?,20+,21+,23+,24+,25+;/m1./s1. The van der Waals surface area contributed by atoms with Crippen LogP contribution in [0.4, 0.5) is 0 Å². The van der Waals surface area contributed by atoms with E-state index in [1.165, 1.54) is 50.7 Å². The summed E-state index contributed by atoms with van der Waals surface area (Å²) in [6, 6.07) is 0. The van der Waals surface area contributed by atoms with Gasteiger partial charge < -0.3 is 25.5 Å². The molecule has 0 aromatic heterocycles. The smallest absolute Gasteiger partial charge is 0.328 e. The minimum atomic E-state index is -1.26. The zero-order valence-electron chi connectivity index (χ0n) is 22.7. The monoisotopic (exact) mass is 518 g/mol. The van der Waals surface area contributed by atoms with Crippen LogP contribution in [0.5, 0.6) is 0 Å². The zero-order valence-corrected chi connectivity index (χ0v) is 22.7. The van der Waals surface area contributed by atoms with E-state index in [4.69, 9.17) is 20.2 Å². The molecule has 9 atom stereocenters. The van der Waals surface area contributed by atoms with Gasteiger partial charge in [0.15, 0.2) is 0 Å². The lowest BCUT2D eigenvalue weighted by atomic mass is 9.43. The number of fused-ring (bicyclic) bond motifs is 5. The van der Waals surface area contributed by atoms with Gasteiger partial charge in [-0.3, -0.25) is 0 Å². The number of aliphatic hydroxyl groups excluding tert-OH is 1. The topological polar surface area (TPSA) is 128 Å². The highest BCUT2D eigenvalue weighted by Gasteiger charge is 2.61. The molecule has 0 amide bonds. The Morgan fingerprint density at radius 1 is 0.973 bits per heavy atom. The Bertz CT molecular complexity index is 883. The second kappa shape index (κ2) is 11.4. The fourth-order valence-electron chi connectivity index (χ4n) is 8.94. The Morgan fingerprint density at radius 2 is 1.65 bits per heavy atom. The summed E-state index contributed by atoms with van der Waals surface area (Å²) >= 11 is 0. The molecule has 0 spiro atoms. The van der Waals surface area contributed by atoms with Crippen LogP contribution in [0.2, 0.25) is 0 Å². The van der Waals surface area contributed by atoms with Crippen LogP contribution in [0.25, 0.3) is 0 Å². The molecule has 4 N–H and O–H groups in total. The highest BCUT2D eigenvalue weighted by Crippen LogP contribution is 2.66. The van der Waals surface area contributed by atoms with Crippen LogP contribution in [-0.2, 0) is 14.4 Å². The molecule has 0 aromatic rings. The molecule has 8 nitrogen and oxygen atoms in total. The number of hydrogen-bond acceptors (Lipinski definition) is 6. The third-order valence-electron chi connectivity index (χ3n) is 10.9. The number of aliphatic carboxylic acids is 2. The minimum absolute atomic E-state index is 0.0605. The average Bonchev–Trinajstić information content (AvgIpc) is 3.49. The Hall–Kier alpha value is -1.93. The number of carboxylic acid groups (broad SMARTS) is 2. The van der Waals surface area contributed by atoms with E-state index in [1.807, 2.05) is 0 Å². The predicted molar refractivity (Wildman–Crippen MR) is 141 cm³/mol. The maximum atomic E-state index is 10.7. The van der Waals surface area contributed by atoms with Crippen molar-refractivity contribution in [1.82, 2.24) is 5.32 Å². The fourth-order valence-corrected chi connectivity index (χ4v) is 8.94. The van der Waals surface area contributed by atoms with Crippen molar-refractivity contribution < 1.29 is 29.7 Å². The van der Waals surface area contributed by atoms with Crippen LogP contribution in [0.3, 0.4) is 0 Å². The maximum absolute atomic E-state index is 10.7. The van der Waals surface area contributed by atoms with Gasteiger partial charge in [0.2, 0.25) is 0 Å². The Kier molecular flexibility index (Phi) is 8.68. The maximum Gasteiger partial charge on any atom is 0.328 e. The lowest BCUT2D eigenvalue weighted by molar-refractivity contribution is -0.134. The highest BCUT2D eigenvalue weighted by atomic mass is 16.6. The van der Waals surface area contributed by atoms with E-state index in [-0.39, 0.29) is 17.6 Å². The van der Waals surface area contributed by atoms with Crippen molar-refractivity contribution in [3.05, 3.63) is 12.2 Å². The molecule has 1 aliphatic heterocycles. The molecular weight excluding hydrogens is 472 g/mol. The molecule has 37 heavy (non-hydrogen) atoms. The van der Waals surface area contributed by atoms with E-state index in [0.717, 1.165) is 56.0 Å². The minimum Gasteiger partial charge on any atom is -0.478 e. The SMILES string of the molecule is CC[C@@H]1/C(=N/O[C@@H]2CCNC2)CC[C@@]2(C)C1CC[C@H]1[C@@H]3CC[C@H](O)[C@@]3(C)CC[C@@H]12.O=C(O)/C=C/C(=O)O. The predicted octanol–water partition coefficient (Wildman–Crippen LogP) is 4.47. The molecular formula is C29H46N2O6. The normalized spacial score (nSPS) is 43.9. The van der Waals surface area contributed by atoms with E-state index in [9.17, 15) is 14.7 Å². The quantitative estimate of drug-likeness (QED) is 0.312. The molecule has 1 unspecified atom stereocenters. The lowest BCUT2D eigenvalue weighted by Crippen LogP contribution is -2.56. The first kappa shape index (κ1) is 28.1. The van der Waals surface area contributed by atoms with Crippen LogP contribution in [-0.4, -0.2) is 58.3 Å². The van der Waals surface area contributed by atoms with Gasteiger partial charge in [-0.05, 0) is 98.8 Å². The largest absolute Gasteiger partial charge is 0.478 e. The van der Waals surface area contributed by atoms with Crippen molar-refractivity contribution in [3.8, 4) is 0 Å². The van der Waals surface area contributed by atoms with Crippen LogP contribution >= 0.6 is 0 Å². The number of carboxylic acids is 2. The van der Waals surface area contributed by atoms with Gasteiger partial charge in [0.25, 0.3) is 0 Å². The Balaban J connectivity index is 0.000000349. The summed E-state index contributed by atoms with van der Waals surface area (Å²) < 4.78 is 0. The summed E-state index contributed by atoms with van der Waals surface area (Å²) in [5.41, 5.74) is 2.00. The molecule has 1 saturated heterocycles. The van der Waals surface area contributed by atoms with Crippen molar-refractivity contribution in [2.24, 2.45) is 45.6 Å². The van der Waals surface area contributed by atoms with Crippen LogP contribution in [0.1, 0.15) is 85.0 Å². The average molecular weight is 519 g/mol. The van der Waals surface area contributed by atoms with E-state index >= 15 is 0 Å². The van der Waals surface area contributed by atoms with Crippen LogP contribution in [0.15, 0.2) is 17.3 Å². The third kappa shape index (κ3) is 5.60. The first-order valence-corrected chi connectivity index (χ1v) is 14.4. The van der Waals surface area contributed by atoms with Gasteiger partial charge in [0, 0.05) is 31.0 Å². The number of hydrogen-bond donors (Lipinski definition) is 4. The number of rotatable bonds is 5. The fraction of sp³-hybridized carbons (Fsp3) is 0.828. The van der Waals surface area contributed by atoms with Crippen molar-refractivity contribution in [3.63, 3.8) is 0 Å². The number of carbonyl (C=O) groups is 2. The highest BCUT2D eigenvalue weighted by molar-refractivity contribution is 5.89. The second-order valence-electron chi connectivity index (χ2n) is 12.5. The number of oxime groups is 1. The molecule has 4 saturated carbocycles. The molecule has 0 bridgehead atoms. The van der Waals surface area contributed by atoms with E-state index in [1.54, 1.807) is 0 Å². The third-order valence-corrected chi connectivity index (χ3v) is 10.9. The van der Waals surface area contributed by atoms with Crippen LogP contribution < -0.4 is 5.32 Å². The summed E-state index contributed by atoms with van der Waals surface area (Å²) in [7, 11) is 0. The lowest BCUT2D eigenvalue weighted by Gasteiger charge is -2.61. The van der Waals surface area contributed by atoms with Crippen molar-refractivity contribution in [2.45, 2.75) is 97.2 Å². The van der Waals surface area contributed by atoms with E-state index in [2.05, 4.69) is 26.1 Å². The summed E-state index contributed by atoms with van der Waals surface area (Å²) in [6.07, 6.45) is 13.6. The number of nitrogens with zero attached hydrogens (tertiary/aromatic N) is 1. The number of nitrogens with one attached hydrogen (secondary N) is 1. The van der Waals surface area contributed by atoms with Crippen molar-refractivity contribution in [2.75, 3.05) is 13.1 Å². The number of aliphatic hydroxyl groups is 1. The van der Waals surface area contributed by atoms with Gasteiger partial charge in [0.05, 0.1) is 11.8 Å². The second-order valence-corrected chi connectivity index (χ2v) is 12.5. The summed E-state index contributed by atoms with van der Waals surface area (Å²) in [5.74, 6) is 1.29. The van der Waals surface area contributed by atoms with Gasteiger partial charge in [-0.15, -0.1) is 0 Å². The van der Waals surface area contributed by atoms with E-state index in [0.29, 0.717) is 23.5 Å². The summed E-state index contributed by atoms with van der Waals surface area (Å²) in [6.45, 7) is 9.40. The molecule has 0 aromatic carbocycles. The van der Waals surface area contributed by atoms with Gasteiger partial charge in [-0.25, -0.2) is 9.59 Å². The molecule has 0 radical (unpaired) electrons. The molecule has 4 aliphatic carbocycles. The van der Waals surface area contributed by atoms with Gasteiger partial charge in [0.1, 0.15) is 6.10 Å². The molecule has 5 fully saturated rings. The van der Waals surface area contributed by atoms with Gasteiger partial charge in [-0.2, -0.15) is 0 Å². The van der Waals surface area contributed by atoms with Crippen molar-refractivity contribution in [1.29, 1.82) is 0 Å². The van der Waals surface area contributed by atoms with Gasteiger partial charge in [-0.1, -0.05) is 25.9 Å². The van der Waals surface area contributed by atoms with Crippen LogP contribution in [0, 0.1) is 40.4 Å². The first-order chi connectivity index (χ1) is 17.6. The summed E-state index contributed by atoms with van der Waals surface area (Å²) in [5, 5.41) is 34.5. The molecule has 1 heterocycles. The molecule has 5 aliphatic rings.